The standard InChI is InChI=1S/C20H22BrFN2O3/c21-18-5-4-16(13-19(18)22)20(25)23-14-15-2-1-3-17(12-15)27-11-8-24-6-9-26-10-7-24/h1-5,12-13H,6-11,14H2,(H,23,25). The summed E-state index contributed by atoms with van der Waals surface area (Å²) in [6.45, 7) is 5.23. The second-order valence-electron chi connectivity index (χ2n) is 6.26. The number of amides is 1. The number of carbonyl (C=O) groups excluding carboxylic acids is 1. The molecule has 3 rings (SSSR count). The molecule has 1 amide bonds. The third-order valence-corrected chi connectivity index (χ3v) is 4.96. The van der Waals surface area contributed by atoms with Crippen molar-refractivity contribution in [3.05, 3.63) is 63.9 Å². The Hall–Kier alpha value is -1.96. The summed E-state index contributed by atoms with van der Waals surface area (Å²) in [7, 11) is 0. The molecule has 27 heavy (non-hydrogen) atoms. The first-order valence-electron chi connectivity index (χ1n) is 8.87. The summed E-state index contributed by atoms with van der Waals surface area (Å²) in [4.78, 5) is 14.5. The molecule has 0 bridgehead atoms. The summed E-state index contributed by atoms with van der Waals surface area (Å²) in [6, 6.07) is 11.9. The molecule has 0 atom stereocenters. The van der Waals surface area contributed by atoms with Gasteiger partial charge in [0.15, 0.2) is 0 Å². The van der Waals surface area contributed by atoms with E-state index < -0.39 is 5.82 Å². The zero-order valence-electron chi connectivity index (χ0n) is 14.9. The molecule has 0 spiro atoms. The SMILES string of the molecule is O=C(NCc1cccc(OCCN2CCOCC2)c1)c1ccc(Br)c(F)c1. The number of halogens is 2. The lowest BCUT2D eigenvalue weighted by Crippen LogP contribution is -2.38. The summed E-state index contributed by atoms with van der Waals surface area (Å²) < 4.78 is 25.0. The van der Waals surface area contributed by atoms with Gasteiger partial charge >= 0.3 is 0 Å². The highest BCUT2D eigenvalue weighted by Crippen LogP contribution is 2.17. The average Bonchev–Trinajstić information content (AvgIpc) is 2.69. The minimum atomic E-state index is -0.460. The van der Waals surface area contributed by atoms with E-state index in [1.54, 1.807) is 6.07 Å². The van der Waals surface area contributed by atoms with E-state index in [-0.39, 0.29) is 11.5 Å². The highest BCUT2D eigenvalue weighted by Gasteiger charge is 2.10. The molecule has 1 N–H and O–H groups in total. The number of morpholine rings is 1. The smallest absolute Gasteiger partial charge is 0.251 e. The van der Waals surface area contributed by atoms with E-state index in [4.69, 9.17) is 9.47 Å². The van der Waals surface area contributed by atoms with Crippen LogP contribution in [0.4, 0.5) is 4.39 Å². The van der Waals surface area contributed by atoms with E-state index in [2.05, 4.69) is 26.1 Å². The number of ether oxygens (including phenoxy) is 2. The van der Waals surface area contributed by atoms with Crippen LogP contribution < -0.4 is 10.1 Å². The lowest BCUT2D eigenvalue weighted by atomic mass is 10.2. The van der Waals surface area contributed by atoms with E-state index in [1.165, 1.54) is 12.1 Å². The molecule has 1 fully saturated rings. The zero-order chi connectivity index (χ0) is 19.1. The maximum absolute atomic E-state index is 13.6. The van der Waals surface area contributed by atoms with Crippen molar-refractivity contribution in [1.29, 1.82) is 0 Å². The Labute approximate surface area is 166 Å². The van der Waals surface area contributed by atoms with Gasteiger partial charge in [-0.05, 0) is 51.8 Å². The number of hydrogen-bond donors (Lipinski definition) is 1. The van der Waals surface area contributed by atoms with Crippen LogP contribution in [0.5, 0.6) is 5.75 Å². The van der Waals surface area contributed by atoms with Crippen molar-refractivity contribution in [3.63, 3.8) is 0 Å². The van der Waals surface area contributed by atoms with E-state index in [1.807, 2.05) is 24.3 Å². The van der Waals surface area contributed by atoms with Gasteiger partial charge in [-0.15, -0.1) is 0 Å². The number of rotatable bonds is 7. The summed E-state index contributed by atoms with van der Waals surface area (Å²) in [5, 5.41) is 2.80. The van der Waals surface area contributed by atoms with Gasteiger partial charge in [0.25, 0.3) is 5.91 Å². The molecule has 2 aromatic rings. The van der Waals surface area contributed by atoms with Crippen LogP contribution in [0, 0.1) is 5.82 Å². The van der Waals surface area contributed by atoms with Crippen LogP contribution in [0.1, 0.15) is 15.9 Å². The van der Waals surface area contributed by atoms with E-state index in [0.717, 1.165) is 44.2 Å². The predicted octanol–water partition coefficient (Wildman–Crippen LogP) is 3.23. The van der Waals surface area contributed by atoms with Crippen LogP contribution >= 0.6 is 15.9 Å². The fourth-order valence-corrected chi connectivity index (χ4v) is 3.03. The largest absolute Gasteiger partial charge is 0.492 e. The van der Waals surface area contributed by atoms with Crippen molar-refractivity contribution in [2.45, 2.75) is 6.54 Å². The van der Waals surface area contributed by atoms with Gasteiger partial charge in [-0.3, -0.25) is 9.69 Å². The molecule has 0 aromatic heterocycles. The number of nitrogens with one attached hydrogen (secondary N) is 1. The Bertz CT molecular complexity index is 782. The molecular weight excluding hydrogens is 415 g/mol. The summed E-state index contributed by atoms with van der Waals surface area (Å²) in [5.74, 6) is -0.0111. The number of carbonyl (C=O) groups is 1. The summed E-state index contributed by atoms with van der Waals surface area (Å²) in [5.41, 5.74) is 1.21. The Kier molecular flexibility index (Phi) is 7.20. The highest BCUT2D eigenvalue weighted by molar-refractivity contribution is 9.10. The van der Waals surface area contributed by atoms with E-state index in [0.29, 0.717) is 17.6 Å². The third-order valence-electron chi connectivity index (χ3n) is 4.31. The maximum Gasteiger partial charge on any atom is 0.251 e. The van der Waals surface area contributed by atoms with E-state index in [9.17, 15) is 9.18 Å². The Balaban J connectivity index is 1.48. The molecule has 0 radical (unpaired) electrons. The molecule has 0 aliphatic carbocycles. The quantitative estimate of drug-likeness (QED) is 0.723. The third kappa shape index (κ3) is 6.02. The fourth-order valence-electron chi connectivity index (χ4n) is 2.78. The Morgan fingerprint density at radius 3 is 2.81 bits per heavy atom. The second-order valence-corrected chi connectivity index (χ2v) is 7.12. The van der Waals surface area contributed by atoms with Crippen molar-refractivity contribution < 1.29 is 18.7 Å². The monoisotopic (exact) mass is 436 g/mol. The van der Waals surface area contributed by atoms with Crippen molar-refractivity contribution in [2.75, 3.05) is 39.5 Å². The first-order valence-corrected chi connectivity index (χ1v) is 9.66. The molecule has 1 aliphatic rings. The van der Waals surface area contributed by atoms with Gasteiger partial charge in [0.2, 0.25) is 0 Å². The fraction of sp³-hybridized carbons (Fsp3) is 0.350. The van der Waals surface area contributed by atoms with Crippen LogP contribution in [0.15, 0.2) is 46.9 Å². The van der Waals surface area contributed by atoms with Crippen LogP contribution in [-0.4, -0.2) is 50.3 Å². The van der Waals surface area contributed by atoms with Crippen LogP contribution in [0.2, 0.25) is 0 Å². The minimum Gasteiger partial charge on any atom is -0.492 e. The number of nitrogens with zero attached hydrogens (tertiary/aromatic N) is 1. The molecule has 5 nitrogen and oxygen atoms in total. The number of hydrogen-bond acceptors (Lipinski definition) is 4. The van der Waals surface area contributed by atoms with Gasteiger partial charge in [-0.1, -0.05) is 12.1 Å². The maximum atomic E-state index is 13.6. The normalized spacial score (nSPS) is 14.7. The summed E-state index contributed by atoms with van der Waals surface area (Å²) >= 11 is 3.08. The summed E-state index contributed by atoms with van der Waals surface area (Å²) in [6.07, 6.45) is 0. The van der Waals surface area contributed by atoms with Crippen LogP contribution in [0.3, 0.4) is 0 Å². The van der Waals surface area contributed by atoms with Gasteiger partial charge < -0.3 is 14.8 Å². The van der Waals surface area contributed by atoms with Gasteiger partial charge in [0.1, 0.15) is 18.2 Å². The second kappa shape index (κ2) is 9.82. The zero-order valence-corrected chi connectivity index (χ0v) is 16.5. The van der Waals surface area contributed by atoms with Crippen LogP contribution in [-0.2, 0) is 11.3 Å². The minimum absolute atomic E-state index is 0.286. The highest BCUT2D eigenvalue weighted by atomic mass is 79.9. The lowest BCUT2D eigenvalue weighted by Gasteiger charge is -2.26. The van der Waals surface area contributed by atoms with Crippen molar-refractivity contribution in [3.8, 4) is 5.75 Å². The first kappa shape index (κ1) is 19.8. The Morgan fingerprint density at radius 2 is 2.04 bits per heavy atom. The van der Waals surface area contributed by atoms with Crippen molar-refractivity contribution >= 4 is 21.8 Å². The molecule has 144 valence electrons. The molecule has 1 saturated heterocycles. The molecule has 2 aromatic carbocycles. The first-order chi connectivity index (χ1) is 13.1. The van der Waals surface area contributed by atoms with Crippen molar-refractivity contribution in [2.24, 2.45) is 0 Å². The molecule has 1 heterocycles. The van der Waals surface area contributed by atoms with Gasteiger partial charge in [-0.25, -0.2) is 4.39 Å². The average molecular weight is 437 g/mol. The van der Waals surface area contributed by atoms with Crippen LogP contribution in [0.25, 0.3) is 0 Å². The lowest BCUT2D eigenvalue weighted by molar-refractivity contribution is 0.0322. The topological polar surface area (TPSA) is 50.8 Å². The van der Waals surface area contributed by atoms with Gasteiger partial charge in [0.05, 0.1) is 17.7 Å². The molecule has 7 heteroatoms. The molecule has 0 saturated carbocycles. The molecule has 0 unspecified atom stereocenters. The Morgan fingerprint density at radius 1 is 1.22 bits per heavy atom. The van der Waals surface area contributed by atoms with Crippen molar-refractivity contribution in [1.82, 2.24) is 10.2 Å². The van der Waals surface area contributed by atoms with E-state index >= 15 is 0 Å². The molecule has 1 aliphatic heterocycles. The predicted molar refractivity (Wildman–Crippen MR) is 104 cm³/mol. The molecular formula is C20H22BrFN2O3. The number of benzene rings is 2. The van der Waals surface area contributed by atoms with Gasteiger partial charge in [-0.2, -0.15) is 0 Å². The van der Waals surface area contributed by atoms with Gasteiger partial charge in [0, 0.05) is 31.7 Å².